The molecule has 5 nitrogen and oxygen atoms in total. The van der Waals surface area contributed by atoms with E-state index in [0.717, 1.165) is 50.1 Å². The van der Waals surface area contributed by atoms with Gasteiger partial charge in [-0.15, -0.1) is 0 Å². The van der Waals surface area contributed by atoms with Crippen molar-refractivity contribution in [1.82, 2.24) is 10.2 Å². The third-order valence-electron chi connectivity index (χ3n) is 6.30. The van der Waals surface area contributed by atoms with Crippen molar-refractivity contribution in [2.45, 2.75) is 37.1 Å². The number of rotatable bonds is 2. The highest BCUT2D eigenvalue weighted by Crippen LogP contribution is 2.43. The third-order valence-corrected chi connectivity index (χ3v) is 7.04. The van der Waals surface area contributed by atoms with Crippen molar-refractivity contribution in [3.8, 4) is 0 Å². The average molecular weight is 432 g/mol. The molecule has 2 saturated heterocycles. The number of carbonyl (C=O) groups excluding carboxylic acids is 1. The summed E-state index contributed by atoms with van der Waals surface area (Å²) in [6, 6.07) is 13.5. The molecule has 0 aliphatic carbocycles. The van der Waals surface area contributed by atoms with E-state index in [4.69, 9.17) is 27.9 Å². The molecule has 152 valence electrons. The predicted octanol–water partition coefficient (Wildman–Crippen LogP) is 4.30. The van der Waals surface area contributed by atoms with E-state index in [-0.39, 0.29) is 11.5 Å². The molecule has 2 aromatic carbocycles. The van der Waals surface area contributed by atoms with Crippen molar-refractivity contribution in [2.75, 3.05) is 25.0 Å². The number of hydrogen-bond donors (Lipinski definition) is 2. The molecule has 1 atom stereocenters. The minimum Gasteiger partial charge on any atom is -0.370 e. The molecule has 1 amide bonds. The SMILES string of the molecule is O=C1NC2(COC3(CCN(Cc4ccc(Cl)c(Cl)c4)CC3)C2)Nc2ccccc21. The van der Waals surface area contributed by atoms with Crippen LogP contribution in [0.3, 0.4) is 0 Å². The zero-order valence-corrected chi connectivity index (χ0v) is 17.5. The van der Waals surface area contributed by atoms with Crippen molar-refractivity contribution < 1.29 is 9.53 Å². The van der Waals surface area contributed by atoms with Crippen LogP contribution in [-0.4, -0.2) is 41.8 Å². The summed E-state index contributed by atoms with van der Waals surface area (Å²) in [5.41, 5.74) is 2.03. The van der Waals surface area contributed by atoms with E-state index in [1.807, 2.05) is 42.5 Å². The highest BCUT2D eigenvalue weighted by Gasteiger charge is 2.53. The van der Waals surface area contributed by atoms with Gasteiger partial charge in [0.05, 0.1) is 27.8 Å². The molecular formula is C22H23Cl2N3O2. The maximum Gasteiger partial charge on any atom is 0.255 e. The first kappa shape index (κ1) is 19.2. The normalized spacial score (nSPS) is 25.7. The number of nitrogens with zero attached hydrogens (tertiary/aromatic N) is 1. The molecule has 3 aliphatic rings. The Morgan fingerprint density at radius 2 is 1.83 bits per heavy atom. The molecule has 0 saturated carbocycles. The fourth-order valence-corrected chi connectivity index (χ4v) is 5.11. The van der Waals surface area contributed by atoms with Gasteiger partial charge in [-0.1, -0.05) is 41.4 Å². The Hall–Kier alpha value is -1.79. The van der Waals surface area contributed by atoms with E-state index in [0.29, 0.717) is 22.2 Å². The standard InChI is InChI=1S/C22H23Cl2N3O2/c23-17-6-5-15(11-18(17)24)12-27-9-7-21(8-10-27)13-22(14-29-21)25-19-4-2-1-3-16(19)20(28)26-22/h1-6,11,25H,7-10,12-14H2,(H,26,28). The van der Waals surface area contributed by atoms with E-state index < -0.39 is 5.66 Å². The largest absolute Gasteiger partial charge is 0.370 e. The van der Waals surface area contributed by atoms with Gasteiger partial charge in [0, 0.05) is 31.7 Å². The lowest BCUT2D eigenvalue weighted by molar-refractivity contribution is -0.0452. The van der Waals surface area contributed by atoms with Gasteiger partial charge in [-0.25, -0.2) is 0 Å². The van der Waals surface area contributed by atoms with Gasteiger partial charge in [0.15, 0.2) is 0 Å². The molecule has 5 rings (SSSR count). The number of carbonyl (C=O) groups is 1. The van der Waals surface area contributed by atoms with Crippen LogP contribution in [0.25, 0.3) is 0 Å². The van der Waals surface area contributed by atoms with E-state index in [2.05, 4.69) is 15.5 Å². The number of nitrogens with one attached hydrogen (secondary N) is 2. The Morgan fingerprint density at radius 1 is 1.03 bits per heavy atom. The first-order valence-electron chi connectivity index (χ1n) is 9.96. The van der Waals surface area contributed by atoms with Crippen LogP contribution < -0.4 is 10.6 Å². The fourth-order valence-electron chi connectivity index (χ4n) is 4.79. The lowest BCUT2D eigenvalue weighted by atomic mass is 9.84. The third kappa shape index (κ3) is 3.61. The molecule has 7 heteroatoms. The number of halogens is 2. The number of anilines is 1. The topological polar surface area (TPSA) is 53.6 Å². The maximum atomic E-state index is 12.6. The summed E-state index contributed by atoms with van der Waals surface area (Å²) >= 11 is 12.2. The fraction of sp³-hybridized carbons (Fsp3) is 0.409. The summed E-state index contributed by atoms with van der Waals surface area (Å²) in [6.07, 6.45) is 2.66. The lowest BCUT2D eigenvalue weighted by Gasteiger charge is -2.41. The molecule has 3 heterocycles. The number of para-hydroxylation sites is 1. The molecule has 0 bridgehead atoms. The van der Waals surface area contributed by atoms with E-state index in [9.17, 15) is 4.79 Å². The number of piperidine rings is 1. The Labute approximate surface area is 180 Å². The van der Waals surface area contributed by atoms with Gasteiger partial charge < -0.3 is 15.4 Å². The second kappa shape index (κ2) is 7.17. The van der Waals surface area contributed by atoms with Crippen LogP contribution in [0, 0.1) is 0 Å². The first-order chi connectivity index (χ1) is 14.0. The number of amides is 1. The van der Waals surface area contributed by atoms with Crippen LogP contribution in [-0.2, 0) is 11.3 Å². The Balaban J connectivity index is 1.24. The van der Waals surface area contributed by atoms with Crippen molar-refractivity contribution in [2.24, 2.45) is 0 Å². The highest BCUT2D eigenvalue weighted by atomic mass is 35.5. The molecule has 2 spiro atoms. The van der Waals surface area contributed by atoms with Gasteiger partial charge in [-0.2, -0.15) is 0 Å². The zero-order chi connectivity index (χ0) is 20.1. The highest BCUT2D eigenvalue weighted by molar-refractivity contribution is 6.42. The Kier molecular flexibility index (Phi) is 4.74. The predicted molar refractivity (Wildman–Crippen MR) is 115 cm³/mol. The Bertz CT molecular complexity index is 959. The van der Waals surface area contributed by atoms with Crippen LogP contribution >= 0.6 is 23.2 Å². The summed E-state index contributed by atoms with van der Waals surface area (Å²) in [7, 11) is 0. The maximum absolute atomic E-state index is 12.6. The summed E-state index contributed by atoms with van der Waals surface area (Å²) < 4.78 is 6.33. The van der Waals surface area contributed by atoms with E-state index in [1.54, 1.807) is 0 Å². The number of likely N-dealkylation sites (tertiary alicyclic amines) is 1. The van der Waals surface area contributed by atoms with Crippen molar-refractivity contribution >= 4 is 34.8 Å². The minimum absolute atomic E-state index is 0.0305. The van der Waals surface area contributed by atoms with Gasteiger partial charge in [-0.05, 0) is 42.7 Å². The van der Waals surface area contributed by atoms with Gasteiger partial charge in [0.1, 0.15) is 5.66 Å². The lowest BCUT2D eigenvalue weighted by Crippen LogP contribution is -2.59. The molecule has 2 N–H and O–H groups in total. The van der Waals surface area contributed by atoms with E-state index in [1.165, 1.54) is 0 Å². The molecule has 0 radical (unpaired) electrons. The van der Waals surface area contributed by atoms with Gasteiger partial charge in [0.25, 0.3) is 5.91 Å². The van der Waals surface area contributed by atoms with Crippen molar-refractivity contribution in [3.63, 3.8) is 0 Å². The summed E-state index contributed by atoms with van der Waals surface area (Å²) in [6.45, 7) is 3.22. The molecule has 2 fully saturated rings. The second-order valence-electron chi connectivity index (χ2n) is 8.38. The zero-order valence-electron chi connectivity index (χ0n) is 16.0. The summed E-state index contributed by atoms with van der Waals surface area (Å²) in [5.74, 6) is -0.0305. The number of hydrogen-bond acceptors (Lipinski definition) is 4. The van der Waals surface area contributed by atoms with Crippen LogP contribution in [0.4, 0.5) is 5.69 Å². The smallest absolute Gasteiger partial charge is 0.255 e. The van der Waals surface area contributed by atoms with E-state index >= 15 is 0 Å². The monoisotopic (exact) mass is 431 g/mol. The molecule has 29 heavy (non-hydrogen) atoms. The van der Waals surface area contributed by atoms with Gasteiger partial charge in [0.2, 0.25) is 0 Å². The first-order valence-corrected chi connectivity index (χ1v) is 10.7. The molecule has 1 unspecified atom stereocenters. The summed E-state index contributed by atoms with van der Waals surface area (Å²) in [5, 5.41) is 7.89. The summed E-state index contributed by atoms with van der Waals surface area (Å²) in [4.78, 5) is 15.0. The number of fused-ring (bicyclic) bond motifs is 1. The Morgan fingerprint density at radius 3 is 2.62 bits per heavy atom. The van der Waals surface area contributed by atoms with Crippen LogP contribution in [0.15, 0.2) is 42.5 Å². The van der Waals surface area contributed by atoms with Crippen LogP contribution in [0.1, 0.15) is 35.2 Å². The number of benzene rings is 2. The quantitative estimate of drug-likeness (QED) is 0.743. The van der Waals surface area contributed by atoms with Crippen LogP contribution in [0.5, 0.6) is 0 Å². The number of ether oxygens (including phenoxy) is 1. The molecule has 2 aromatic rings. The average Bonchev–Trinajstić information content (AvgIpc) is 3.04. The van der Waals surface area contributed by atoms with Gasteiger partial charge >= 0.3 is 0 Å². The molecular weight excluding hydrogens is 409 g/mol. The molecule has 3 aliphatic heterocycles. The molecule has 0 aromatic heterocycles. The second-order valence-corrected chi connectivity index (χ2v) is 9.19. The van der Waals surface area contributed by atoms with Crippen LogP contribution in [0.2, 0.25) is 10.0 Å². The van der Waals surface area contributed by atoms with Crippen molar-refractivity contribution in [1.29, 1.82) is 0 Å². The van der Waals surface area contributed by atoms with Crippen molar-refractivity contribution in [3.05, 3.63) is 63.6 Å². The minimum atomic E-state index is -0.517. The van der Waals surface area contributed by atoms with Gasteiger partial charge in [-0.3, -0.25) is 9.69 Å².